The van der Waals surface area contributed by atoms with Gasteiger partial charge in [0.1, 0.15) is 6.10 Å². The Balaban J connectivity index is 1.93. The van der Waals surface area contributed by atoms with Crippen LogP contribution < -0.4 is 0 Å². The molecule has 132 valence electrons. The first-order chi connectivity index (χ1) is 13.4. The molecule has 0 aliphatic heterocycles. The van der Waals surface area contributed by atoms with E-state index in [1.54, 1.807) is 0 Å². The summed E-state index contributed by atoms with van der Waals surface area (Å²) in [5.41, 5.74) is 3.93. The third-order valence-electron chi connectivity index (χ3n) is 3.84. The van der Waals surface area contributed by atoms with Crippen molar-refractivity contribution in [1.29, 1.82) is 0 Å². The molecular formula is C25H19IO. The molecule has 1 atom stereocenters. The van der Waals surface area contributed by atoms with Gasteiger partial charge in [-0.3, -0.25) is 0 Å². The molecule has 27 heavy (non-hydrogen) atoms. The molecule has 0 saturated heterocycles. The largest absolute Gasteiger partial charge is 0.360 e. The average Bonchev–Trinajstić information content (AvgIpc) is 2.74. The fourth-order valence-electron chi connectivity index (χ4n) is 2.54. The molecule has 0 heterocycles. The van der Waals surface area contributed by atoms with Gasteiger partial charge in [0.25, 0.3) is 0 Å². The molecule has 0 amide bonds. The highest BCUT2D eigenvalue weighted by molar-refractivity contribution is 14.1. The maximum absolute atomic E-state index is 6.04. The molecule has 0 aliphatic carbocycles. The Morgan fingerprint density at radius 2 is 1.30 bits per heavy atom. The second-order valence-electron chi connectivity index (χ2n) is 5.78. The van der Waals surface area contributed by atoms with Crippen molar-refractivity contribution in [3.8, 4) is 23.7 Å². The molecule has 0 radical (unpaired) electrons. The van der Waals surface area contributed by atoms with Crippen LogP contribution in [0.2, 0.25) is 0 Å². The summed E-state index contributed by atoms with van der Waals surface area (Å²) >= 11 is 2.31. The van der Waals surface area contributed by atoms with Crippen molar-refractivity contribution >= 4 is 22.6 Å². The third-order valence-corrected chi connectivity index (χ3v) is 4.28. The van der Waals surface area contributed by atoms with Gasteiger partial charge in [0.05, 0.1) is 6.61 Å². The normalized spacial score (nSPS) is 10.9. The van der Waals surface area contributed by atoms with E-state index in [1.165, 1.54) is 0 Å². The van der Waals surface area contributed by atoms with Crippen LogP contribution in [0.25, 0.3) is 0 Å². The number of ether oxygens (including phenoxy) is 1. The Bertz CT molecular complexity index is 973. The van der Waals surface area contributed by atoms with Crippen LogP contribution >= 0.6 is 22.6 Å². The first-order valence-corrected chi connectivity index (χ1v) is 10.3. The zero-order valence-corrected chi connectivity index (χ0v) is 17.0. The van der Waals surface area contributed by atoms with Gasteiger partial charge in [0.2, 0.25) is 0 Å². The molecule has 0 N–H and O–H groups in total. The standard InChI is InChI=1S/C25H19IO/c26-19-20-27-25(18-16-22-11-5-2-6-12-22)24-14-8-7-13-23(24)17-15-21-9-3-1-4-10-21/h1-14,25H,19-20H2. The van der Waals surface area contributed by atoms with E-state index in [2.05, 4.69) is 46.3 Å². The van der Waals surface area contributed by atoms with Crippen LogP contribution in [0.1, 0.15) is 28.4 Å². The Labute approximate surface area is 174 Å². The maximum atomic E-state index is 6.04. The minimum Gasteiger partial charge on any atom is -0.360 e. The van der Waals surface area contributed by atoms with E-state index in [0.29, 0.717) is 6.61 Å². The van der Waals surface area contributed by atoms with Gasteiger partial charge in [-0.25, -0.2) is 0 Å². The van der Waals surface area contributed by atoms with Gasteiger partial charge in [-0.1, -0.05) is 101 Å². The minimum absolute atomic E-state index is 0.304. The summed E-state index contributed by atoms with van der Waals surface area (Å²) in [4.78, 5) is 0. The Morgan fingerprint density at radius 1 is 0.704 bits per heavy atom. The summed E-state index contributed by atoms with van der Waals surface area (Å²) in [5, 5.41) is 0. The van der Waals surface area contributed by atoms with Crippen molar-refractivity contribution < 1.29 is 4.74 Å². The lowest BCUT2D eigenvalue weighted by Gasteiger charge is -2.13. The second kappa shape index (κ2) is 10.6. The highest BCUT2D eigenvalue weighted by Crippen LogP contribution is 2.21. The van der Waals surface area contributed by atoms with Crippen LogP contribution in [-0.4, -0.2) is 11.0 Å². The second-order valence-corrected chi connectivity index (χ2v) is 6.86. The molecule has 0 bridgehead atoms. The van der Waals surface area contributed by atoms with E-state index >= 15 is 0 Å². The molecule has 3 aromatic carbocycles. The molecule has 3 rings (SSSR count). The number of halogens is 1. The lowest BCUT2D eigenvalue weighted by Crippen LogP contribution is -2.06. The Kier molecular flexibility index (Phi) is 7.54. The van der Waals surface area contributed by atoms with E-state index < -0.39 is 0 Å². The molecule has 3 aromatic rings. The third kappa shape index (κ3) is 6.00. The van der Waals surface area contributed by atoms with Gasteiger partial charge in [0.15, 0.2) is 0 Å². The molecule has 0 fully saturated rings. The van der Waals surface area contributed by atoms with Crippen LogP contribution in [0.3, 0.4) is 0 Å². The Hall–Kier alpha value is -2.53. The number of hydrogen-bond acceptors (Lipinski definition) is 1. The summed E-state index contributed by atoms with van der Waals surface area (Å²) in [5.74, 6) is 13.0. The van der Waals surface area contributed by atoms with E-state index in [9.17, 15) is 0 Å². The molecule has 1 unspecified atom stereocenters. The number of alkyl halides is 1. The van der Waals surface area contributed by atoms with Crippen molar-refractivity contribution in [3.05, 3.63) is 107 Å². The minimum atomic E-state index is -0.304. The quantitative estimate of drug-likeness (QED) is 0.278. The lowest BCUT2D eigenvalue weighted by molar-refractivity contribution is 0.107. The van der Waals surface area contributed by atoms with Crippen molar-refractivity contribution in [2.75, 3.05) is 11.0 Å². The zero-order chi connectivity index (χ0) is 18.7. The first kappa shape index (κ1) is 19.2. The maximum Gasteiger partial charge on any atom is 0.145 e. The SMILES string of the molecule is ICCOC(C#Cc1ccccc1)c1ccccc1C#Cc1ccccc1. The molecule has 0 spiro atoms. The van der Waals surface area contributed by atoms with E-state index in [4.69, 9.17) is 4.74 Å². The van der Waals surface area contributed by atoms with Gasteiger partial charge < -0.3 is 4.74 Å². The Morgan fingerprint density at radius 3 is 1.96 bits per heavy atom. The van der Waals surface area contributed by atoms with Crippen LogP contribution in [0.4, 0.5) is 0 Å². The van der Waals surface area contributed by atoms with E-state index in [1.807, 2.05) is 84.9 Å². The van der Waals surface area contributed by atoms with Crippen LogP contribution in [-0.2, 0) is 4.74 Å². The van der Waals surface area contributed by atoms with Gasteiger partial charge >= 0.3 is 0 Å². The van der Waals surface area contributed by atoms with E-state index in [0.717, 1.165) is 26.7 Å². The molecule has 0 aromatic heterocycles. The zero-order valence-electron chi connectivity index (χ0n) is 14.9. The summed E-state index contributed by atoms with van der Waals surface area (Å²) in [6, 6.07) is 28.1. The summed E-state index contributed by atoms with van der Waals surface area (Å²) in [7, 11) is 0. The van der Waals surface area contributed by atoms with Crippen molar-refractivity contribution in [2.45, 2.75) is 6.10 Å². The molecule has 0 saturated carbocycles. The van der Waals surface area contributed by atoms with Crippen LogP contribution in [0.5, 0.6) is 0 Å². The summed E-state index contributed by atoms with van der Waals surface area (Å²) in [6.07, 6.45) is -0.304. The molecule has 1 nitrogen and oxygen atoms in total. The average molecular weight is 462 g/mol. The van der Waals surface area contributed by atoms with Gasteiger partial charge in [0, 0.05) is 26.7 Å². The van der Waals surface area contributed by atoms with Gasteiger partial charge in [-0.2, -0.15) is 0 Å². The molecule has 0 aliphatic rings. The van der Waals surface area contributed by atoms with Crippen molar-refractivity contribution in [3.63, 3.8) is 0 Å². The van der Waals surface area contributed by atoms with Crippen molar-refractivity contribution in [1.82, 2.24) is 0 Å². The predicted octanol–water partition coefficient (Wildman–Crippen LogP) is 5.63. The first-order valence-electron chi connectivity index (χ1n) is 8.77. The van der Waals surface area contributed by atoms with E-state index in [-0.39, 0.29) is 6.10 Å². The summed E-state index contributed by atoms with van der Waals surface area (Å²) in [6.45, 7) is 0.648. The van der Waals surface area contributed by atoms with Crippen LogP contribution in [0.15, 0.2) is 84.9 Å². The monoisotopic (exact) mass is 462 g/mol. The predicted molar refractivity (Wildman–Crippen MR) is 120 cm³/mol. The fourth-order valence-corrected chi connectivity index (χ4v) is 2.80. The smallest absolute Gasteiger partial charge is 0.145 e. The highest BCUT2D eigenvalue weighted by Gasteiger charge is 2.12. The lowest BCUT2D eigenvalue weighted by atomic mass is 10.0. The van der Waals surface area contributed by atoms with Crippen LogP contribution in [0, 0.1) is 23.7 Å². The topological polar surface area (TPSA) is 9.23 Å². The number of benzene rings is 3. The molecular weight excluding hydrogens is 443 g/mol. The fraction of sp³-hybridized carbons (Fsp3) is 0.120. The number of rotatable bonds is 4. The highest BCUT2D eigenvalue weighted by atomic mass is 127. The van der Waals surface area contributed by atoms with Gasteiger partial charge in [-0.15, -0.1) is 0 Å². The summed E-state index contributed by atoms with van der Waals surface area (Å²) < 4.78 is 6.96. The van der Waals surface area contributed by atoms with Crippen molar-refractivity contribution in [2.24, 2.45) is 0 Å². The molecule has 2 heteroatoms. The van der Waals surface area contributed by atoms with Gasteiger partial charge in [-0.05, 0) is 30.3 Å². The number of hydrogen-bond donors (Lipinski definition) is 0.